The van der Waals surface area contributed by atoms with Crippen LogP contribution in [0, 0.1) is 0 Å². The first-order valence-corrected chi connectivity index (χ1v) is 16.9. The smallest absolute Gasteiger partial charge is 0.167 e. The number of rotatable bonds is 4. The molecule has 4 heterocycles. The molecule has 0 bridgehead atoms. The van der Waals surface area contributed by atoms with Crippen LogP contribution in [-0.2, 0) is 0 Å². The van der Waals surface area contributed by atoms with Crippen molar-refractivity contribution in [2.45, 2.75) is 0 Å². The second-order valence-corrected chi connectivity index (χ2v) is 12.8. The number of fused-ring (bicyclic) bond motifs is 10. The minimum Gasteiger partial charge on any atom is -0.456 e. The molecule has 0 aliphatic rings. The van der Waals surface area contributed by atoms with Crippen LogP contribution in [0.5, 0.6) is 0 Å². The highest BCUT2D eigenvalue weighted by atomic mass is 16.3. The lowest BCUT2D eigenvalue weighted by Crippen LogP contribution is -2.00. The van der Waals surface area contributed by atoms with E-state index in [2.05, 4.69) is 83.4 Å². The Balaban J connectivity index is 1.12. The van der Waals surface area contributed by atoms with E-state index in [1.54, 1.807) is 0 Å². The van der Waals surface area contributed by atoms with Crippen LogP contribution >= 0.6 is 0 Å². The highest BCUT2D eigenvalue weighted by molar-refractivity contribution is 6.23. The van der Waals surface area contributed by atoms with Gasteiger partial charge in [-0.25, -0.2) is 15.0 Å². The molecule has 0 unspecified atom stereocenters. The molecule has 0 radical (unpaired) electrons. The van der Waals surface area contributed by atoms with Crippen molar-refractivity contribution in [3.8, 4) is 39.9 Å². The molecule has 0 amide bonds. The van der Waals surface area contributed by atoms with E-state index in [1.807, 2.05) is 78.9 Å². The monoisotopic (exact) mass is 654 g/mol. The van der Waals surface area contributed by atoms with Gasteiger partial charge in [0.2, 0.25) is 0 Å². The first-order chi connectivity index (χ1) is 25.3. The van der Waals surface area contributed by atoms with Crippen molar-refractivity contribution >= 4 is 65.7 Å². The summed E-state index contributed by atoms with van der Waals surface area (Å²) in [7, 11) is 0. The fourth-order valence-corrected chi connectivity index (χ4v) is 7.55. The molecule has 7 aromatic carbocycles. The van der Waals surface area contributed by atoms with Gasteiger partial charge >= 0.3 is 0 Å². The van der Waals surface area contributed by atoms with E-state index < -0.39 is 0 Å². The molecule has 0 saturated heterocycles. The van der Waals surface area contributed by atoms with E-state index in [1.165, 1.54) is 10.8 Å². The van der Waals surface area contributed by atoms with Gasteiger partial charge in [0.15, 0.2) is 17.5 Å². The lowest BCUT2D eigenvalue weighted by Gasteiger charge is -2.08. The first kappa shape index (κ1) is 27.9. The second kappa shape index (κ2) is 10.7. The largest absolute Gasteiger partial charge is 0.456 e. The predicted octanol–water partition coefficient (Wildman–Crippen LogP) is 11.8. The van der Waals surface area contributed by atoms with Gasteiger partial charge < -0.3 is 13.4 Å². The third-order valence-corrected chi connectivity index (χ3v) is 9.86. The van der Waals surface area contributed by atoms with Crippen LogP contribution < -0.4 is 0 Å². The fourth-order valence-electron chi connectivity index (χ4n) is 7.55. The van der Waals surface area contributed by atoms with Gasteiger partial charge in [-0.05, 0) is 42.5 Å². The summed E-state index contributed by atoms with van der Waals surface area (Å²) in [4.78, 5) is 14.9. The van der Waals surface area contributed by atoms with Crippen LogP contribution in [0.4, 0.5) is 0 Å². The van der Waals surface area contributed by atoms with Crippen LogP contribution in [0.2, 0.25) is 0 Å². The summed E-state index contributed by atoms with van der Waals surface area (Å²) in [5, 5.41) is 6.39. The number of nitrogens with zero attached hydrogens (tertiary/aromatic N) is 4. The predicted molar refractivity (Wildman–Crippen MR) is 205 cm³/mol. The summed E-state index contributed by atoms with van der Waals surface area (Å²) in [6.07, 6.45) is 0. The molecule has 0 spiro atoms. The summed E-state index contributed by atoms with van der Waals surface area (Å²) in [5.41, 5.74) is 9.07. The molecule has 4 aromatic heterocycles. The van der Waals surface area contributed by atoms with E-state index in [4.69, 9.17) is 23.8 Å². The zero-order valence-electron chi connectivity index (χ0n) is 27.1. The first-order valence-electron chi connectivity index (χ1n) is 16.9. The van der Waals surface area contributed by atoms with E-state index in [9.17, 15) is 0 Å². The van der Waals surface area contributed by atoms with Gasteiger partial charge in [0, 0.05) is 49.8 Å². The fraction of sp³-hybridized carbons (Fsp3) is 0. The van der Waals surface area contributed by atoms with Gasteiger partial charge in [0.1, 0.15) is 22.3 Å². The van der Waals surface area contributed by atoms with Crippen molar-refractivity contribution in [1.82, 2.24) is 19.5 Å². The van der Waals surface area contributed by atoms with Crippen molar-refractivity contribution < 1.29 is 8.83 Å². The molecule has 0 saturated carbocycles. The topological polar surface area (TPSA) is 69.9 Å². The quantitative estimate of drug-likeness (QED) is 0.189. The van der Waals surface area contributed by atoms with Crippen LogP contribution in [-0.4, -0.2) is 19.5 Å². The Kier molecular flexibility index (Phi) is 5.86. The summed E-state index contributed by atoms with van der Waals surface area (Å²) in [6.45, 7) is 0. The Morgan fingerprint density at radius 2 is 0.961 bits per heavy atom. The van der Waals surface area contributed by atoms with Crippen molar-refractivity contribution in [3.05, 3.63) is 158 Å². The van der Waals surface area contributed by atoms with Crippen LogP contribution in [0.25, 0.3) is 106 Å². The summed E-state index contributed by atoms with van der Waals surface area (Å²) >= 11 is 0. The van der Waals surface area contributed by atoms with Crippen LogP contribution in [0.1, 0.15) is 0 Å². The highest BCUT2D eigenvalue weighted by Gasteiger charge is 2.21. The van der Waals surface area contributed by atoms with Crippen molar-refractivity contribution in [3.63, 3.8) is 0 Å². The minimum atomic E-state index is 0.552. The lowest BCUT2D eigenvalue weighted by atomic mass is 10.1. The molecule has 238 valence electrons. The molecule has 0 fully saturated rings. The molecular formula is C45H26N4O2. The lowest BCUT2D eigenvalue weighted by molar-refractivity contribution is 0.663. The highest BCUT2D eigenvalue weighted by Crippen LogP contribution is 2.42. The number of para-hydroxylation sites is 3. The van der Waals surface area contributed by atoms with Crippen molar-refractivity contribution in [2.75, 3.05) is 0 Å². The molecule has 6 heteroatoms. The molecule has 11 aromatic rings. The average Bonchev–Trinajstić information content (AvgIpc) is 3.87. The number of hydrogen-bond donors (Lipinski definition) is 0. The second-order valence-electron chi connectivity index (χ2n) is 12.8. The van der Waals surface area contributed by atoms with E-state index in [-0.39, 0.29) is 0 Å². The Bertz CT molecular complexity index is 3030. The number of furan rings is 2. The third-order valence-electron chi connectivity index (χ3n) is 9.86. The van der Waals surface area contributed by atoms with Gasteiger partial charge in [0.05, 0.1) is 22.0 Å². The molecule has 6 nitrogen and oxygen atoms in total. The normalized spacial score (nSPS) is 11.9. The summed E-state index contributed by atoms with van der Waals surface area (Å²) in [6, 6.07) is 53.8. The molecule has 0 atom stereocenters. The number of aromatic nitrogens is 4. The molecule has 0 aliphatic heterocycles. The minimum absolute atomic E-state index is 0.552. The van der Waals surface area contributed by atoms with Gasteiger partial charge in [-0.1, -0.05) is 109 Å². The van der Waals surface area contributed by atoms with E-state index in [0.29, 0.717) is 17.5 Å². The van der Waals surface area contributed by atoms with Gasteiger partial charge in [-0.2, -0.15) is 0 Å². The van der Waals surface area contributed by atoms with Crippen LogP contribution in [0.15, 0.2) is 167 Å². The maximum Gasteiger partial charge on any atom is 0.167 e. The molecule has 11 rings (SSSR count). The van der Waals surface area contributed by atoms with Crippen molar-refractivity contribution in [1.29, 1.82) is 0 Å². The average molecular weight is 655 g/mol. The Morgan fingerprint density at radius 1 is 0.392 bits per heavy atom. The summed E-state index contributed by atoms with van der Waals surface area (Å²) in [5.74, 6) is 1.76. The standard InChI is InChI=1S/C45H26N4O2/c1-3-12-27(13-4-1)43-46-44(28-14-5-2-6-15-28)48-45(47-43)35-19-11-18-32-33-24-25-38-40(42(33)51-41(32)35)34-23-22-29(26-39(34)50-38)49-36-20-9-7-16-30(36)31-17-8-10-21-37(31)49/h1-26H. The molecule has 51 heavy (non-hydrogen) atoms. The SMILES string of the molecule is c1ccc(-c2nc(-c3ccccc3)nc(-c3cccc4c3oc3c4ccc4oc5cc(-n6c7ccccc7c7ccccc76)ccc5c43)n2)cc1. The number of benzene rings is 7. The van der Waals surface area contributed by atoms with Gasteiger partial charge in [-0.15, -0.1) is 0 Å². The maximum atomic E-state index is 6.86. The zero-order chi connectivity index (χ0) is 33.5. The zero-order valence-corrected chi connectivity index (χ0v) is 27.1. The third kappa shape index (κ3) is 4.20. The maximum absolute atomic E-state index is 6.86. The molecular weight excluding hydrogens is 629 g/mol. The van der Waals surface area contributed by atoms with Crippen LogP contribution in [0.3, 0.4) is 0 Å². The van der Waals surface area contributed by atoms with Gasteiger partial charge in [0.25, 0.3) is 0 Å². The summed E-state index contributed by atoms with van der Waals surface area (Å²) < 4.78 is 15.7. The molecule has 0 aliphatic carbocycles. The van der Waals surface area contributed by atoms with Gasteiger partial charge in [-0.3, -0.25) is 0 Å². The van der Waals surface area contributed by atoms with Crippen molar-refractivity contribution in [2.24, 2.45) is 0 Å². The van der Waals surface area contributed by atoms with E-state index in [0.717, 1.165) is 77.3 Å². The Hall–Kier alpha value is -7.05. The molecule has 0 N–H and O–H groups in total. The van der Waals surface area contributed by atoms with E-state index >= 15 is 0 Å². The Morgan fingerprint density at radius 3 is 1.65 bits per heavy atom. The Labute approximate surface area is 290 Å². The number of hydrogen-bond acceptors (Lipinski definition) is 5.